The first-order chi connectivity index (χ1) is 12.1. The van der Waals surface area contributed by atoms with Gasteiger partial charge in [-0.05, 0) is 31.0 Å². The number of benzene rings is 1. The molecule has 7 nitrogen and oxygen atoms in total. The van der Waals surface area contributed by atoms with Crippen molar-refractivity contribution in [3.8, 4) is 11.3 Å². The molecule has 0 saturated carbocycles. The molecule has 7 heteroatoms. The van der Waals surface area contributed by atoms with Gasteiger partial charge in [0, 0.05) is 18.7 Å². The summed E-state index contributed by atoms with van der Waals surface area (Å²) in [5.41, 5.74) is 1.25. The molecule has 1 aromatic carbocycles. The molecule has 0 bridgehead atoms. The number of aromatic amines is 1. The van der Waals surface area contributed by atoms with Crippen LogP contribution in [-0.2, 0) is 6.42 Å². The Morgan fingerprint density at radius 1 is 1.20 bits per heavy atom. The van der Waals surface area contributed by atoms with Crippen molar-refractivity contribution in [1.82, 2.24) is 20.4 Å². The van der Waals surface area contributed by atoms with Crippen LogP contribution < -0.4 is 10.9 Å². The third kappa shape index (κ3) is 4.20. The number of aromatic nitrogens is 3. The molecule has 3 rings (SSSR count). The number of amides is 1. The van der Waals surface area contributed by atoms with Gasteiger partial charge in [-0.3, -0.25) is 9.59 Å². The first-order valence-corrected chi connectivity index (χ1v) is 7.99. The Bertz CT molecular complexity index is 915. The molecule has 0 radical (unpaired) electrons. The Labute approximate surface area is 144 Å². The van der Waals surface area contributed by atoms with E-state index in [1.54, 1.807) is 13.0 Å². The summed E-state index contributed by atoms with van der Waals surface area (Å²) in [4.78, 5) is 31.1. The van der Waals surface area contributed by atoms with E-state index in [2.05, 4.69) is 20.4 Å². The average Bonchev–Trinajstić information content (AvgIpc) is 3.04. The summed E-state index contributed by atoms with van der Waals surface area (Å²) in [5.74, 6) is 0.725. The quantitative estimate of drug-likeness (QED) is 0.670. The maximum absolute atomic E-state index is 12.2. The van der Waals surface area contributed by atoms with Gasteiger partial charge in [-0.1, -0.05) is 35.5 Å². The highest BCUT2D eigenvalue weighted by atomic mass is 16.5. The number of nitrogens with one attached hydrogen (secondary N) is 2. The molecule has 2 heterocycles. The molecular formula is C18H18N4O3. The van der Waals surface area contributed by atoms with Crippen LogP contribution in [0.5, 0.6) is 0 Å². The van der Waals surface area contributed by atoms with Gasteiger partial charge in [0.1, 0.15) is 5.56 Å². The second-order valence-electron chi connectivity index (χ2n) is 5.58. The van der Waals surface area contributed by atoms with Crippen molar-refractivity contribution in [3.05, 3.63) is 70.1 Å². The summed E-state index contributed by atoms with van der Waals surface area (Å²) in [7, 11) is 0. The summed E-state index contributed by atoms with van der Waals surface area (Å²) in [5, 5.41) is 6.43. The second kappa shape index (κ2) is 7.57. The maximum atomic E-state index is 12.2. The van der Waals surface area contributed by atoms with E-state index in [0.717, 1.165) is 5.56 Å². The molecule has 0 unspecified atom stereocenters. The lowest BCUT2D eigenvalue weighted by Crippen LogP contribution is -2.30. The fraction of sp³-hybridized carbons (Fsp3) is 0.222. The van der Waals surface area contributed by atoms with Gasteiger partial charge in [-0.15, -0.1) is 0 Å². The van der Waals surface area contributed by atoms with E-state index in [-0.39, 0.29) is 5.56 Å². The highest BCUT2D eigenvalue weighted by Crippen LogP contribution is 2.14. The van der Waals surface area contributed by atoms with Crippen molar-refractivity contribution in [1.29, 1.82) is 0 Å². The highest BCUT2D eigenvalue weighted by Gasteiger charge is 2.11. The highest BCUT2D eigenvalue weighted by molar-refractivity contribution is 5.94. The predicted molar refractivity (Wildman–Crippen MR) is 92.2 cm³/mol. The number of hydrogen-bond donors (Lipinski definition) is 2. The fourth-order valence-corrected chi connectivity index (χ4v) is 2.42. The molecule has 0 aliphatic rings. The number of H-pyrrole nitrogens is 1. The van der Waals surface area contributed by atoms with E-state index in [9.17, 15) is 9.59 Å². The number of carbonyl (C=O) groups excluding carboxylic acids is 1. The van der Waals surface area contributed by atoms with Crippen molar-refractivity contribution < 1.29 is 9.32 Å². The lowest BCUT2D eigenvalue weighted by atomic mass is 10.1. The minimum absolute atomic E-state index is 0.0910. The molecular weight excluding hydrogens is 320 g/mol. The molecule has 2 N–H and O–H groups in total. The summed E-state index contributed by atoms with van der Waals surface area (Å²) in [6.45, 7) is 2.17. The molecule has 0 spiro atoms. The summed E-state index contributed by atoms with van der Waals surface area (Å²) in [6.07, 6.45) is 1.22. The van der Waals surface area contributed by atoms with Gasteiger partial charge in [0.15, 0.2) is 5.82 Å². The van der Waals surface area contributed by atoms with Crippen LogP contribution in [0.15, 0.2) is 51.8 Å². The minimum Gasteiger partial charge on any atom is -0.352 e. The van der Waals surface area contributed by atoms with Crippen LogP contribution in [0.2, 0.25) is 0 Å². The Morgan fingerprint density at radius 3 is 2.68 bits per heavy atom. The van der Waals surface area contributed by atoms with Crippen molar-refractivity contribution in [2.24, 2.45) is 0 Å². The number of hydrogen-bond acceptors (Lipinski definition) is 5. The molecule has 0 atom stereocenters. The molecule has 2 aromatic heterocycles. The van der Waals surface area contributed by atoms with Crippen molar-refractivity contribution >= 4 is 5.91 Å². The summed E-state index contributed by atoms with van der Waals surface area (Å²) < 4.78 is 5.00. The minimum atomic E-state index is -0.411. The van der Waals surface area contributed by atoms with Crippen LogP contribution >= 0.6 is 0 Å². The topological polar surface area (TPSA) is 101 Å². The van der Waals surface area contributed by atoms with Gasteiger partial charge >= 0.3 is 0 Å². The van der Waals surface area contributed by atoms with Crippen LogP contribution in [-0.4, -0.2) is 27.6 Å². The zero-order chi connectivity index (χ0) is 17.6. The standard InChI is InChI=1S/C18H18N4O3/c1-12-20-16(25-22-12)8-5-11-19-17(23)14-9-10-15(21-18(14)24)13-6-3-2-4-7-13/h2-4,6-7,9-10H,5,8,11H2,1H3,(H,19,23)(H,21,24). The third-order valence-electron chi connectivity index (χ3n) is 3.66. The molecule has 0 aliphatic heterocycles. The number of carbonyl (C=O) groups is 1. The fourth-order valence-electron chi connectivity index (χ4n) is 2.42. The lowest BCUT2D eigenvalue weighted by Gasteiger charge is -2.05. The average molecular weight is 338 g/mol. The zero-order valence-corrected chi connectivity index (χ0v) is 13.8. The first kappa shape index (κ1) is 16.6. The van der Waals surface area contributed by atoms with E-state index in [1.807, 2.05) is 30.3 Å². The van der Waals surface area contributed by atoms with Gasteiger partial charge in [0.25, 0.3) is 11.5 Å². The van der Waals surface area contributed by atoms with Crippen LogP contribution in [0.3, 0.4) is 0 Å². The van der Waals surface area contributed by atoms with E-state index in [0.29, 0.717) is 36.8 Å². The normalized spacial score (nSPS) is 10.6. The Balaban J connectivity index is 1.58. The van der Waals surface area contributed by atoms with Gasteiger partial charge < -0.3 is 14.8 Å². The third-order valence-corrected chi connectivity index (χ3v) is 3.66. The molecule has 0 fully saturated rings. The number of pyridine rings is 1. The number of nitrogens with zero attached hydrogens (tertiary/aromatic N) is 2. The van der Waals surface area contributed by atoms with Crippen LogP contribution in [0, 0.1) is 6.92 Å². The summed E-state index contributed by atoms with van der Waals surface area (Å²) in [6, 6.07) is 12.7. The number of aryl methyl sites for hydroxylation is 2. The van der Waals surface area contributed by atoms with Crippen LogP contribution in [0.25, 0.3) is 11.3 Å². The molecule has 1 amide bonds. The molecule has 25 heavy (non-hydrogen) atoms. The van der Waals surface area contributed by atoms with E-state index >= 15 is 0 Å². The van der Waals surface area contributed by atoms with Gasteiger partial charge in [-0.25, -0.2) is 0 Å². The van der Waals surface area contributed by atoms with E-state index in [1.165, 1.54) is 6.07 Å². The zero-order valence-electron chi connectivity index (χ0n) is 13.8. The molecule has 3 aromatic rings. The van der Waals surface area contributed by atoms with E-state index in [4.69, 9.17) is 4.52 Å². The van der Waals surface area contributed by atoms with Crippen molar-refractivity contribution in [2.75, 3.05) is 6.54 Å². The molecule has 0 aliphatic carbocycles. The number of rotatable bonds is 6. The van der Waals surface area contributed by atoms with Crippen LogP contribution in [0.1, 0.15) is 28.5 Å². The largest absolute Gasteiger partial charge is 0.352 e. The smallest absolute Gasteiger partial charge is 0.261 e. The van der Waals surface area contributed by atoms with Crippen molar-refractivity contribution in [2.45, 2.75) is 19.8 Å². The predicted octanol–water partition coefficient (Wildman–Crippen LogP) is 2.10. The van der Waals surface area contributed by atoms with Crippen LogP contribution in [0.4, 0.5) is 0 Å². The SMILES string of the molecule is Cc1noc(CCCNC(=O)c2ccc(-c3ccccc3)[nH]c2=O)n1. The monoisotopic (exact) mass is 338 g/mol. The Hall–Kier alpha value is -3.22. The van der Waals surface area contributed by atoms with E-state index < -0.39 is 11.5 Å². The van der Waals surface area contributed by atoms with Gasteiger partial charge in [0.05, 0.1) is 0 Å². The Morgan fingerprint density at radius 2 is 2.00 bits per heavy atom. The lowest BCUT2D eigenvalue weighted by molar-refractivity contribution is 0.0951. The Kier molecular flexibility index (Phi) is 5.03. The molecule has 128 valence electrons. The van der Waals surface area contributed by atoms with Gasteiger partial charge in [0.2, 0.25) is 5.89 Å². The summed E-state index contributed by atoms with van der Waals surface area (Å²) >= 11 is 0. The van der Waals surface area contributed by atoms with Crippen molar-refractivity contribution in [3.63, 3.8) is 0 Å². The van der Waals surface area contributed by atoms with Gasteiger partial charge in [-0.2, -0.15) is 4.98 Å². The first-order valence-electron chi connectivity index (χ1n) is 7.99. The maximum Gasteiger partial charge on any atom is 0.261 e. The second-order valence-corrected chi connectivity index (χ2v) is 5.58. The molecule has 0 saturated heterocycles.